The van der Waals surface area contributed by atoms with Crippen molar-refractivity contribution in [3.05, 3.63) is 56.6 Å². The van der Waals surface area contributed by atoms with E-state index < -0.39 is 23.8 Å². The summed E-state index contributed by atoms with van der Waals surface area (Å²) in [5, 5.41) is 7.51. The van der Waals surface area contributed by atoms with Crippen LogP contribution in [0.5, 0.6) is 0 Å². The van der Waals surface area contributed by atoms with Crippen LogP contribution in [0.4, 0.5) is 5.00 Å². The van der Waals surface area contributed by atoms with E-state index in [1.54, 1.807) is 31.2 Å². The van der Waals surface area contributed by atoms with Gasteiger partial charge in [0.2, 0.25) is 0 Å². The highest BCUT2D eigenvalue weighted by molar-refractivity contribution is 7.17. The van der Waals surface area contributed by atoms with E-state index in [-0.39, 0.29) is 11.1 Å². The number of nitrogens with one attached hydrogen (secondary N) is 1. The molecular weight excluding hydrogens is 456 g/mol. The zero-order valence-electron chi connectivity index (χ0n) is 17.5. The fourth-order valence-electron chi connectivity index (χ4n) is 3.88. The summed E-state index contributed by atoms with van der Waals surface area (Å²) in [6, 6.07) is 6.97. The SMILES string of the molecule is COC(=O)c1c(NC(=O)c2c(-c3ccccc3Cl)noc2C)sc2c1[C@H](C(=O)OC)CC2. The molecule has 8 nitrogen and oxygen atoms in total. The number of esters is 2. The zero-order valence-corrected chi connectivity index (χ0v) is 19.1. The van der Waals surface area contributed by atoms with Gasteiger partial charge in [0, 0.05) is 10.4 Å². The van der Waals surface area contributed by atoms with Crippen LogP contribution in [0.1, 0.15) is 49.3 Å². The molecule has 0 bridgehead atoms. The molecule has 32 heavy (non-hydrogen) atoms. The highest BCUT2D eigenvalue weighted by atomic mass is 35.5. The van der Waals surface area contributed by atoms with E-state index in [1.807, 2.05) is 0 Å². The van der Waals surface area contributed by atoms with Crippen molar-refractivity contribution in [2.24, 2.45) is 0 Å². The van der Waals surface area contributed by atoms with Crippen molar-refractivity contribution < 1.29 is 28.4 Å². The quantitative estimate of drug-likeness (QED) is 0.538. The number of thiophene rings is 1. The first kappa shape index (κ1) is 22.0. The molecule has 1 N–H and O–H groups in total. The molecule has 0 unspecified atom stereocenters. The molecule has 0 saturated heterocycles. The maximum absolute atomic E-state index is 13.3. The lowest BCUT2D eigenvalue weighted by Gasteiger charge is -2.12. The number of carbonyl (C=O) groups excluding carboxylic acids is 3. The van der Waals surface area contributed by atoms with Crippen molar-refractivity contribution in [2.45, 2.75) is 25.7 Å². The Morgan fingerprint density at radius 1 is 1.19 bits per heavy atom. The standard InChI is InChI=1S/C22H19ClN2O6S/c1-10-15(18(25-31-10)11-6-4-5-7-13(11)23)19(26)24-20-17(22(28)30-3)16-12(21(27)29-2)8-9-14(16)32-20/h4-7,12H,8-9H2,1-3H3,(H,24,26)/t12-/m1/s1. The number of ether oxygens (including phenoxy) is 2. The van der Waals surface area contributed by atoms with Gasteiger partial charge in [-0.05, 0) is 31.4 Å². The first-order valence-corrected chi connectivity index (χ1v) is 10.9. The van der Waals surface area contributed by atoms with Gasteiger partial charge in [-0.15, -0.1) is 11.3 Å². The molecular formula is C22H19ClN2O6S. The molecule has 4 rings (SSSR count). The maximum atomic E-state index is 13.3. The molecule has 0 saturated carbocycles. The zero-order chi connectivity index (χ0) is 23.0. The van der Waals surface area contributed by atoms with Crippen LogP contribution in [-0.4, -0.2) is 37.2 Å². The van der Waals surface area contributed by atoms with E-state index in [9.17, 15) is 14.4 Å². The van der Waals surface area contributed by atoms with Crippen LogP contribution >= 0.6 is 22.9 Å². The molecule has 1 aliphatic carbocycles. The molecule has 2 heterocycles. The van der Waals surface area contributed by atoms with Crippen molar-refractivity contribution in [1.82, 2.24) is 5.16 Å². The number of rotatable bonds is 5. The highest BCUT2D eigenvalue weighted by Gasteiger charge is 2.38. The molecule has 1 aliphatic rings. The average Bonchev–Trinajstić information content (AvgIpc) is 3.46. The number of aromatic nitrogens is 1. The number of benzene rings is 1. The van der Waals surface area contributed by atoms with Crippen molar-refractivity contribution >= 4 is 45.8 Å². The Kier molecular flexibility index (Phi) is 6.03. The summed E-state index contributed by atoms with van der Waals surface area (Å²) in [5.74, 6) is -1.86. The summed E-state index contributed by atoms with van der Waals surface area (Å²) in [6.07, 6.45) is 1.13. The number of carbonyl (C=O) groups is 3. The lowest BCUT2D eigenvalue weighted by Crippen LogP contribution is -2.18. The molecule has 0 spiro atoms. The minimum absolute atomic E-state index is 0.169. The summed E-state index contributed by atoms with van der Waals surface area (Å²) in [6.45, 7) is 1.62. The van der Waals surface area contributed by atoms with E-state index in [0.29, 0.717) is 45.4 Å². The Balaban J connectivity index is 1.75. The minimum atomic E-state index is -0.637. The number of halogens is 1. The number of nitrogens with zero attached hydrogens (tertiary/aromatic N) is 1. The molecule has 0 radical (unpaired) electrons. The second-order valence-electron chi connectivity index (χ2n) is 7.15. The van der Waals surface area contributed by atoms with Gasteiger partial charge in [0.05, 0.1) is 30.7 Å². The van der Waals surface area contributed by atoms with Gasteiger partial charge in [0.15, 0.2) is 0 Å². The lowest BCUT2D eigenvalue weighted by molar-refractivity contribution is -0.142. The van der Waals surface area contributed by atoms with E-state index >= 15 is 0 Å². The van der Waals surface area contributed by atoms with Gasteiger partial charge in [-0.2, -0.15) is 0 Å². The third-order valence-electron chi connectivity index (χ3n) is 5.35. The molecule has 1 aromatic carbocycles. The van der Waals surface area contributed by atoms with Crippen LogP contribution in [0.25, 0.3) is 11.3 Å². The maximum Gasteiger partial charge on any atom is 0.341 e. The summed E-state index contributed by atoms with van der Waals surface area (Å²) >= 11 is 7.53. The topological polar surface area (TPSA) is 108 Å². The van der Waals surface area contributed by atoms with E-state index in [1.165, 1.54) is 25.6 Å². The predicted molar refractivity (Wildman–Crippen MR) is 118 cm³/mol. The number of methoxy groups -OCH3 is 2. The summed E-state index contributed by atoms with van der Waals surface area (Å²) in [7, 11) is 2.55. The fraction of sp³-hybridized carbons (Fsp3) is 0.273. The molecule has 3 aromatic rings. The van der Waals surface area contributed by atoms with Gasteiger partial charge in [-0.1, -0.05) is 35.0 Å². The summed E-state index contributed by atoms with van der Waals surface area (Å²) in [4.78, 5) is 39.0. The first-order chi connectivity index (χ1) is 15.4. The largest absolute Gasteiger partial charge is 0.469 e. The normalized spacial score (nSPS) is 14.7. The third kappa shape index (κ3) is 3.67. The lowest BCUT2D eigenvalue weighted by atomic mass is 9.99. The van der Waals surface area contributed by atoms with Gasteiger partial charge in [0.1, 0.15) is 22.0 Å². The number of hydrogen-bond donors (Lipinski definition) is 1. The number of anilines is 1. The van der Waals surface area contributed by atoms with Crippen molar-refractivity contribution in [3.63, 3.8) is 0 Å². The first-order valence-electron chi connectivity index (χ1n) is 9.71. The van der Waals surface area contributed by atoms with Crippen molar-refractivity contribution in [1.29, 1.82) is 0 Å². The third-order valence-corrected chi connectivity index (χ3v) is 6.86. The van der Waals surface area contributed by atoms with Gasteiger partial charge in [0.25, 0.3) is 5.91 Å². The molecule has 166 valence electrons. The van der Waals surface area contributed by atoms with Gasteiger partial charge in [-0.25, -0.2) is 4.79 Å². The monoisotopic (exact) mass is 474 g/mol. The molecule has 10 heteroatoms. The van der Waals surface area contributed by atoms with Crippen LogP contribution in [0.15, 0.2) is 28.8 Å². The van der Waals surface area contributed by atoms with Gasteiger partial charge in [-0.3, -0.25) is 9.59 Å². The van der Waals surface area contributed by atoms with Crippen molar-refractivity contribution in [2.75, 3.05) is 19.5 Å². The Hall–Kier alpha value is -3.17. The van der Waals surface area contributed by atoms with Crippen LogP contribution in [-0.2, 0) is 20.7 Å². The summed E-state index contributed by atoms with van der Waals surface area (Å²) in [5.41, 5.74) is 1.76. The van der Waals surface area contributed by atoms with Gasteiger partial charge >= 0.3 is 11.9 Å². The molecule has 1 atom stereocenters. The molecule has 2 aromatic heterocycles. The van der Waals surface area contributed by atoms with Gasteiger partial charge < -0.3 is 19.3 Å². The van der Waals surface area contributed by atoms with Crippen LogP contribution in [0.3, 0.4) is 0 Å². The second kappa shape index (κ2) is 8.76. The average molecular weight is 475 g/mol. The smallest absolute Gasteiger partial charge is 0.341 e. The molecule has 0 aliphatic heterocycles. The van der Waals surface area contributed by atoms with Crippen molar-refractivity contribution in [3.8, 4) is 11.3 Å². The predicted octanol–water partition coefficient (Wildman–Crippen LogP) is 4.61. The number of aryl methyl sites for hydroxylation is 2. The Labute approximate surface area is 192 Å². The van der Waals surface area contributed by atoms with Crippen LogP contribution in [0, 0.1) is 6.92 Å². The fourth-order valence-corrected chi connectivity index (χ4v) is 5.36. The van der Waals surface area contributed by atoms with Crippen LogP contribution in [0.2, 0.25) is 5.02 Å². The Morgan fingerprint density at radius 3 is 2.62 bits per heavy atom. The van der Waals surface area contributed by atoms with E-state index in [4.69, 9.17) is 25.6 Å². The second-order valence-corrected chi connectivity index (χ2v) is 8.66. The Bertz CT molecular complexity index is 1230. The van der Waals surface area contributed by atoms with E-state index in [2.05, 4.69) is 10.5 Å². The number of fused-ring (bicyclic) bond motifs is 1. The van der Waals surface area contributed by atoms with Crippen LogP contribution < -0.4 is 5.32 Å². The highest BCUT2D eigenvalue weighted by Crippen LogP contribution is 2.46. The Morgan fingerprint density at radius 2 is 1.94 bits per heavy atom. The summed E-state index contributed by atoms with van der Waals surface area (Å²) < 4.78 is 15.1. The minimum Gasteiger partial charge on any atom is -0.469 e. The molecule has 0 fully saturated rings. The van der Waals surface area contributed by atoms with E-state index in [0.717, 1.165) is 4.88 Å². The number of hydrogen-bond acceptors (Lipinski definition) is 8. The number of amides is 1. The molecule has 1 amide bonds.